The Labute approximate surface area is 132 Å². The molecule has 0 bridgehead atoms. The number of hydrogen-bond donors (Lipinski definition) is 2. The van der Waals surface area contributed by atoms with E-state index in [0.717, 1.165) is 38.5 Å². The molecule has 2 aliphatic rings. The zero-order valence-corrected chi connectivity index (χ0v) is 13.8. The van der Waals surface area contributed by atoms with Crippen LogP contribution in [0.3, 0.4) is 0 Å². The lowest BCUT2D eigenvalue weighted by Crippen LogP contribution is -2.58. The number of rotatable bonds is 6. The highest BCUT2D eigenvalue weighted by atomic mass is 16.5. The molecule has 5 nitrogen and oxygen atoms in total. The Morgan fingerprint density at radius 3 is 2.32 bits per heavy atom. The molecule has 2 fully saturated rings. The third-order valence-corrected chi connectivity index (χ3v) is 5.22. The smallest absolute Gasteiger partial charge is 0.329 e. The molecule has 0 aliphatic heterocycles. The van der Waals surface area contributed by atoms with Crippen LogP contribution >= 0.6 is 0 Å². The van der Waals surface area contributed by atoms with Crippen molar-refractivity contribution in [3.8, 4) is 0 Å². The monoisotopic (exact) mass is 311 g/mol. The lowest BCUT2D eigenvalue weighted by atomic mass is 9.77. The minimum atomic E-state index is -1.10. The minimum absolute atomic E-state index is 0.155. The molecule has 0 aromatic heterocycles. The van der Waals surface area contributed by atoms with E-state index < -0.39 is 17.6 Å². The van der Waals surface area contributed by atoms with Crippen molar-refractivity contribution < 1.29 is 19.4 Å². The summed E-state index contributed by atoms with van der Waals surface area (Å²) in [5, 5.41) is 12.4. The number of hydrogen-bond acceptors (Lipinski definition) is 3. The average molecular weight is 311 g/mol. The van der Waals surface area contributed by atoms with Gasteiger partial charge < -0.3 is 15.2 Å². The molecule has 0 aromatic carbocycles. The Morgan fingerprint density at radius 1 is 1.23 bits per heavy atom. The molecule has 22 heavy (non-hydrogen) atoms. The summed E-state index contributed by atoms with van der Waals surface area (Å²) < 4.78 is 5.90. The standard InChI is InChI=1S/C17H29NO4/c1-3-14(22-13-6-4-5-7-13)15(19)18-17(16(20)21)10-8-12(2)9-11-17/h12-14H,3-11H2,1-2H3,(H,18,19)(H,20,21). The van der Waals surface area contributed by atoms with Gasteiger partial charge in [-0.1, -0.05) is 26.7 Å². The Hall–Kier alpha value is -1.10. The molecule has 2 saturated carbocycles. The molecule has 0 aromatic rings. The predicted molar refractivity (Wildman–Crippen MR) is 83.6 cm³/mol. The lowest BCUT2D eigenvalue weighted by Gasteiger charge is -2.37. The lowest BCUT2D eigenvalue weighted by molar-refractivity contribution is -0.153. The van der Waals surface area contributed by atoms with Crippen LogP contribution in [0.25, 0.3) is 0 Å². The van der Waals surface area contributed by atoms with Crippen molar-refractivity contribution in [2.45, 2.75) is 89.4 Å². The normalized spacial score (nSPS) is 30.9. The molecule has 0 radical (unpaired) electrons. The maximum atomic E-state index is 12.5. The van der Waals surface area contributed by atoms with E-state index in [1.165, 1.54) is 0 Å². The van der Waals surface area contributed by atoms with Gasteiger partial charge in [0.15, 0.2) is 0 Å². The van der Waals surface area contributed by atoms with Crippen LogP contribution in [-0.2, 0) is 14.3 Å². The average Bonchev–Trinajstić information content (AvgIpc) is 3.00. The van der Waals surface area contributed by atoms with Gasteiger partial charge in [-0.2, -0.15) is 0 Å². The molecule has 1 unspecified atom stereocenters. The van der Waals surface area contributed by atoms with E-state index in [1.54, 1.807) is 0 Å². The third kappa shape index (κ3) is 4.00. The molecule has 2 rings (SSSR count). The SMILES string of the molecule is CCC(OC1CCCC1)C(=O)NC1(C(=O)O)CCC(C)CC1. The molecule has 1 amide bonds. The maximum Gasteiger partial charge on any atom is 0.329 e. The number of carbonyl (C=O) groups is 2. The highest BCUT2D eigenvalue weighted by Gasteiger charge is 2.43. The molecule has 5 heteroatoms. The Bertz CT molecular complexity index is 395. The zero-order chi connectivity index (χ0) is 16.2. The first-order valence-corrected chi connectivity index (χ1v) is 8.67. The molecule has 0 saturated heterocycles. The second-order valence-electron chi connectivity index (χ2n) is 7.00. The number of carboxylic acids is 1. The Morgan fingerprint density at radius 2 is 1.82 bits per heavy atom. The first kappa shape index (κ1) is 17.3. The third-order valence-electron chi connectivity index (χ3n) is 5.22. The molecular weight excluding hydrogens is 282 g/mol. The van der Waals surface area contributed by atoms with E-state index in [2.05, 4.69) is 12.2 Å². The van der Waals surface area contributed by atoms with Gasteiger partial charge in [-0.25, -0.2) is 4.79 Å². The number of amides is 1. The van der Waals surface area contributed by atoms with Gasteiger partial charge >= 0.3 is 5.97 Å². The number of nitrogens with one attached hydrogen (secondary N) is 1. The second-order valence-corrected chi connectivity index (χ2v) is 7.00. The molecule has 2 N–H and O–H groups in total. The second kappa shape index (κ2) is 7.44. The van der Waals surface area contributed by atoms with Gasteiger partial charge in [0, 0.05) is 0 Å². The number of ether oxygens (including phenoxy) is 1. The first-order chi connectivity index (χ1) is 10.5. The Kier molecular flexibility index (Phi) is 5.84. The molecule has 0 spiro atoms. The quantitative estimate of drug-likeness (QED) is 0.791. The molecule has 2 aliphatic carbocycles. The van der Waals surface area contributed by atoms with Crippen LogP contribution in [0.4, 0.5) is 0 Å². The highest BCUT2D eigenvalue weighted by Crippen LogP contribution is 2.32. The molecule has 126 valence electrons. The van der Waals surface area contributed by atoms with Crippen molar-refractivity contribution in [1.82, 2.24) is 5.32 Å². The summed E-state index contributed by atoms with van der Waals surface area (Å²) in [5.74, 6) is -0.643. The van der Waals surface area contributed by atoms with Gasteiger partial charge in [-0.05, 0) is 50.9 Å². The van der Waals surface area contributed by atoms with Gasteiger partial charge in [0.1, 0.15) is 11.6 Å². The van der Waals surface area contributed by atoms with Crippen molar-refractivity contribution in [2.75, 3.05) is 0 Å². The van der Waals surface area contributed by atoms with Gasteiger partial charge in [0.25, 0.3) is 0 Å². The number of carbonyl (C=O) groups excluding carboxylic acids is 1. The van der Waals surface area contributed by atoms with Crippen LogP contribution in [-0.4, -0.2) is 34.7 Å². The van der Waals surface area contributed by atoms with Gasteiger partial charge in [0.2, 0.25) is 5.91 Å². The predicted octanol–water partition coefficient (Wildman–Crippen LogP) is 2.87. The molecule has 0 heterocycles. The van der Waals surface area contributed by atoms with Gasteiger partial charge in [-0.15, -0.1) is 0 Å². The maximum absolute atomic E-state index is 12.5. The van der Waals surface area contributed by atoms with Gasteiger partial charge in [-0.3, -0.25) is 4.79 Å². The molecular formula is C17H29NO4. The summed E-state index contributed by atoms with van der Waals surface area (Å²) in [5.41, 5.74) is -1.10. The molecule has 1 atom stereocenters. The van der Waals surface area contributed by atoms with Crippen LogP contribution in [0.2, 0.25) is 0 Å². The van der Waals surface area contributed by atoms with Crippen LogP contribution in [0.5, 0.6) is 0 Å². The number of aliphatic carboxylic acids is 1. The van der Waals surface area contributed by atoms with E-state index in [4.69, 9.17) is 4.74 Å². The summed E-state index contributed by atoms with van der Waals surface area (Å²) in [7, 11) is 0. The minimum Gasteiger partial charge on any atom is -0.480 e. The van der Waals surface area contributed by atoms with Crippen molar-refractivity contribution in [2.24, 2.45) is 5.92 Å². The van der Waals surface area contributed by atoms with E-state index in [-0.39, 0.29) is 12.0 Å². The Balaban J connectivity index is 1.98. The largest absolute Gasteiger partial charge is 0.480 e. The van der Waals surface area contributed by atoms with Crippen molar-refractivity contribution >= 4 is 11.9 Å². The fraction of sp³-hybridized carbons (Fsp3) is 0.882. The van der Waals surface area contributed by atoms with E-state index in [0.29, 0.717) is 25.2 Å². The summed E-state index contributed by atoms with van der Waals surface area (Å²) in [6, 6.07) is 0. The summed E-state index contributed by atoms with van der Waals surface area (Å²) in [6.45, 7) is 4.04. The van der Waals surface area contributed by atoms with Crippen LogP contribution in [0.15, 0.2) is 0 Å². The van der Waals surface area contributed by atoms with Crippen LogP contribution in [0, 0.1) is 5.92 Å². The van der Waals surface area contributed by atoms with E-state index >= 15 is 0 Å². The van der Waals surface area contributed by atoms with Crippen molar-refractivity contribution in [3.05, 3.63) is 0 Å². The fourth-order valence-corrected chi connectivity index (χ4v) is 3.56. The summed E-state index contributed by atoms with van der Waals surface area (Å²) >= 11 is 0. The fourth-order valence-electron chi connectivity index (χ4n) is 3.56. The first-order valence-electron chi connectivity index (χ1n) is 8.67. The van der Waals surface area contributed by atoms with Gasteiger partial charge in [0.05, 0.1) is 6.10 Å². The topological polar surface area (TPSA) is 75.6 Å². The van der Waals surface area contributed by atoms with Crippen molar-refractivity contribution in [1.29, 1.82) is 0 Å². The van der Waals surface area contributed by atoms with Crippen molar-refractivity contribution in [3.63, 3.8) is 0 Å². The highest BCUT2D eigenvalue weighted by molar-refractivity contribution is 5.89. The van der Waals surface area contributed by atoms with Crippen LogP contribution < -0.4 is 5.32 Å². The summed E-state index contributed by atoms with van der Waals surface area (Å²) in [4.78, 5) is 24.2. The van der Waals surface area contributed by atoms with E-state index in [1.807, 2.05) is 6.92 Å². The van der Waals surface area contributed by atoms with Crippen LogP contribution in [0.1, 0.15) is 71.6 Å². The zero-order valence-electron chi connectivity index (χ0n) is 13.8. The summed E-state index contributed by atoms with van der Waals surface area (Å²) in [6.07, 6.45) is 7.22. The number of carboxylic acid groups (broad SMARTS) is 1. The van der Waals surface area contributed by atoms with E-state index in [9.17, 15) is 14.7 Å².